The zero-order valence-corrected chi connectivity index (χ0v) is 34.2. The van der Waals surface area contributed by atoms with Crippen LogP contribution in [0.2, 0.25) is 0 Å². The Morgan fingerprint density at radius 1 is 0.306 bits per heavy atom. The largest absolute Gasteiger partial charge is 0.491 e. The Bertz CT molecular complexity index is 2310. The van der Waals surface area contributed by atoms with Gasteiger partial charge in [0, 0.05) is 49.1 Å². The van der Waals surface area contributed by atoms with Crippen LogP contribution in [0.5, 0.6) is 11.5 Å². The van der Waals surface area contributed by atoms with Crippen molar-refractivity contribution in [2.24, 2.45) is 0 Å². The highest BCUT2D eigenvalue weighted by Gasteiger charge is 2.12. The van der Waals surface area contributed by atoms with Gasteiger partial charge in [0.1, 0.15) is 24.7 Å². The minimum atomic E-state index is 0.363. The molecule has 0 spiro atoms. The summed E-state index contributed by atoms with van der Waals surface area (Å²) in [5.41, 5.74) is 8.00. The molecule has 0 bridgehead atoms. The van der Waals surface area contributed by atoms with E-state index >= 15 is 0 Å². The number of benzene rings is 2. The number of fused-ring (bicyclic) bond motifs is 1. The highest BCUT2D eigenvalue weighted by Crippen LogP contribution is 2.28. The Morgan fingerprint density at radius 3 is 0.968 bits per heavy atom. The maximum atomic E-state index is 6.09. The third-order valence-electron chi connectivity index (χ3n) is 9.63. The van der Waals surface area contributed by atoms with Crippen LogP contribution < -0.4 is 9.47 Å². The van der Waals surface area contributed by atoms with Crippen molar-refractivity contribution in [2.75, 3.05) is 52.9 Å². The van der Waals surface area contributed by atoms with Gasteiger partial charge in [-0.15, -0.1) is 0 Å². The highest BCUT2D eigenvalue weighted by molar-refractivity contribution is 5.84. The molecule has 6 heterocycles. The second kappa shape index (κ2) is 22.0. The van der Waals surface area contributed by atoms with Gasteiger partial charge in [0.15, 0.2) is 0 Å². The molecule has 0 atom stereocenters. The van der Waals surface area contributed by atoms with Crippen LogP contribution in [0.15, 0.2) is 158 Å². The predicted octanol–water partition coefficient (Wildman–Crippen LogP) is 9.10. The van der Waals surface area contributed by atoms with Crippen LogP contribution in [0.3, 0.4) is 0 Å². The van der Waals surface area contributed by atoms with Gasteiger partial charge < -0.3 is 28.4 Å². The molecular weight excluding hydrogens is 781 g/mol. The van der Waals surface area contributed by atoms with E-state index in [4.69, 9.17) is 38.4 Å². The van der Waals surface area contributed by atoms with Crippen LogP contribution in [0, 0.1) is 0 Å². The molecular formula is C50H46N6O6. The van der Waals surface area contributed by atoms with Gasteiger partial charge in [-0.2, -0.15) is 0 Å². The van der Waals surface area contributed by atoms with E-state index in [1.165, 1.54) is 0 Å². The van der Waals surface area contributed by atoms with Crippen LogP contribution in [-0.4, -0.2) is 82.8 Å². The first-order valence-corrected chi connectivity index (χ1v) is 20.5. The summed E-state index contributed by atoms with van der Waals surface area (Å²) in [5.74, 6) is 1.33. The first-order chi connectivity index (χ1) is 30.7. The van der Waals surface area contributed by atoms with Crippen molar-refractivity contribution in [2.45, 2.75) is 13.2 Å². The van der Waals surface area contributed by atoms with E-state index in [0.717, 1.165) is 44.7 Å². The van der Waals surface area contributed by atoms with Crippen molar-refractivity contribution in [1.82, 2.24) is 29.9 Å². The first kappa shape index (κ1) is 41.8. The Morgan fingerprint density at radius 2 is 0.629 bits per heavy atom. The van der Waals surface area contributed by atoms with Gasteiger partial charge in [0.2, 0.25) is 0 Å². The van der Waals surface area contributed by atoms with Crippen LogP contribution in [0.1, 0.15) is 11.1 Å². The third kappa shape index (κ3) is 11.9. The molecule has 0 radical (unpaired) electrons. The van der Waals surface area contributed by atoms with E-state index in [9.17, 15) is 0 Å². The normalized spacial score (nSPS) is 11.2. The lowest BCUT2D eigenvalue weighted by molar-refractivity contribution is 0.0250. The number of hydrogen-bond donors (Lipinski definition) is 0. The number of ether oxygens (including phenoxy) is 6. The van der Waals surface area contributed by atoms with Crippen molar-refractivity contribution in [3.05, 3.63) is 169 Å². The molecule has 0 amide bonds. The molecule has 0 aliphatic carbocycles. The van der Waals surface area contributed by atoms with Crippen molar-refractivity contribution in [1.29, 1.82) is 0 Å². The Kier molecular flexibility index (Phi) is 14.8. The summed E-state index contributed by atoms with van der Waals surface area (Å²) in [4.78, 5) is 27.4. The third-order valence-corrected chi connectivity index (χ3v) is 9.63. The molecule has 0 saturated carbocycles. The monoisotopic (exact) mass is 826 g/mol. The van der Waals surface area contributed by atoms with Gasteiger partial charge in [-0.25, -0.2) is 9.97 Å². The number of nitrogens with zero attached hydrogens (tertiary/aromatic N) is 6. The Labute approximate surface area is 360 Å². The molecule has 0 fully saturated rings. The molecule has 62 heavy (non-hydrogen) atoms. The second-order valence-electron chi connectivity index (χ2n) is 14.0. The summed E-state index contributed by atoms with van der Waals surface area (Å²) in [6.45, 7) is 4.10. The van der Waals surface area contributed by atoms with Gasteiger partial charge in [0.05, 0.1) is 98.4 Å². The van der Waals surface area contributed by atoms with Gasteiger partial charge >= 0.3 is 0 Å². The Balaban J connectivity index is 0.766. The van der Waals surface area contributed by atoms with E-state index < -0.39 is 0 Å². The minimum absolute atomic E-state index is 0.363. The van der Waals surface area contributed by atoms with Gasteiger partial charge in [-0.3, -0.25) is 19.9 Å². The lowest BCUT2D eigenvalue weighted by atomic mass is 10.0. The number of aromatic nitrogens is 6. The Hall–Kier alpha value is -6.96. The van der Waals surface area contributed by atoms with Crippen LogP contribution in [0.25, 0.3) is 56.3 Å². The number of rotatable bonds is 22. The standard InChI is InChI=1S/C50H46N6O6/c1-2-12-38-30-40(36-60-24-22-58-26-28-62-42-33-49(45-15-5-9-19-53-45)56-50(34-42)46-16-6-10-20-54-46)39(29-37(38)11-1)35-59-23-21-57-25-27-61-41-31-47(43-13-3-7-17-51-43)55-48(32-41)44-14-4-8-18-52-44/h1-20,29-34H,21-28,35-36H2. The lowest BCUT2D eigenvalue weighted by Gasteiger charge is -2.14. The maximum absolute atomic E-state index is 6.09. The molecule has 12 nitrogen and oxygen atoms in total. The fraction of sp³-hybridized carbons (Fsp3) is 0.200. The highest BCUT2D eigenvalue weighted by atomic mass is 16.5. The number of pyridine rings is 6. The van der Waals surface area contributed by atoms with E-state index in [0.29, 0.717) is 100 Å². The molecule has 8 rings (SSSR count). The average Bonchev–Trinajstić information content (AvgIpc) is 3.34. The summed E-state index contributed by atoms with van der Waals surface area (Å²) in [5, 5.41) is 2.29. The van der Waals surface area contributed by atoms with Crippen molar-refractivity contribution in [3.8, 4) is 57.1 Å². The average molecular weight is 827 g/mol. The lowest BCUT2D eigenvalue weighted by Crippen LogP contribution is -2.12. The smallest absolute Gasteiger partial charge is 0.123 e. The molecule has 0 aliphatic heterocycles. The van der Waals surface area contributed by atoms with Crippen molar-refractivity contribution < 1.29 is 28.4 Å². The molecule has 6 aromatic heterocycles. The van der Waals surface area contributed by atoms with Gasteiger partial charge in [0.25, 0.3) is 0 Å². The van der Waals surface area contributed by atoms with E-state index in [-0.39, 0.29) is 0 Å². The maximum Gasteiger partial charge on any atom is 0.123 e. The van der Waals surface area contributed by atoms with E-state index in [2.05, 4.69) is 44.2 Å². The predicted molar refractivity (Wildman–Crippen MR) is 237 cm³/mol. The van der Waals surface area contributed by atoms with Gasteiger partial charge in [-0.05, 0) is 82.6 Å². The molecule has 0 unspecified atom stereocenters. The van der Waals surface area contributed by atoms with Crippen LogP contribution >= 0.6 is 0 Å². The van der Waals surface area contributed by atoms with Crippen molar-refractivity contribution >= 4 is 10.8 Å². The van der Waals surface area contributed by atoms with Crippen molar-refractivity contribution in [3.63, 3.8) is 0 Å². The minimum Gasteiger partial charge on any atom is -0.491 e. The molecule has 2 aromatic carbocycles. The van der Waals surface area contributed by atoms with E-state index in [1.807, 2.05) is 109 Å². The fourth-order valence-corrected chi connectivity index (χ4v) is 6.60. The summed E-state index contributed by atoms with van der Waals surface area (Å²) < 4.78 is 36.1. The molecule has 12 heteroatoms. The zero-order valence-electron chi connectivity index (χ0n) is 34.2. The zero-order chi connectivity index (χ0) is 42.0. The molecule has 0 aliphatic rings. The molecule has 8 aromatic rings. The van der Waals surface area contributed by atoms with Crippen LogP contribution in [0.4, 0.5) is 0 Å². The van der Waals surface area contributed by atoms with E-state index in [1.54, 1.807) is 24.8 Å². The summed E-state index contributed by atoms with van der Waals surface area (Å²) in [7, 11) is 0. The second-order valence-corrected chi connectivity index (χ2v) is 14.0. The van der Waals surface area contributed by atoms with Crippen LogP contribution in [-0.2, 0) is 32.2 Å². The first-order valence-electron chi connectivity index (χ1n) is 20.5. The molecule has 312 valence electrons. The summed E-state index contributed by atoms with van der Waals surface area (Å²) in [6.07, 6.45) is 6.99. The van der Waals surface area contributed by atoms with Gasteiger partial charge in [-0.1, -0.05) is 48.5 Å². The summed E-state index contributed by atoms with van der Waals surface area (Å²) in [6, 6.07) is 43.1. The SMILES string of the molecule is c1ccc(-c2cc(OCCOCCOCc3cc4ccccc4cc3COCCOCCOc3cc(-c4ccccn4)nc(-c4ccccn4)c3)cc(-c3ccccn3)n2)nc1. The summed E-state index contributed by atoms with van der Waals surface area (Å²) >= 11 is 0. The topological polar surface area (TPSA) is 133 Å². The fourth-order valence-electron chi connectivity index (χ4n) is 6.60. The number of hydrogen-bond acceptors (Lipinski definition) is 12. The quantitative estimate of drug-likeness (QED) is 0.0604. The molecule has 0 N–H and O–H groups in total. The molecule has 0 saturated heterocycles.